The van der Waals surface area contributed by atoms with Crippen molar-refractivity contribution in [3.8, 4) is 5.75 Å². The maximum atomic E-state index is 12.9. The number of fused-ring (bicyclic) bond motifs is 1. The number of hydrogen-bond acceptors (Lipinski definition) is 6. The van der Waals surface area contributed by atoms with Crippen LogP contribution >= 0.6 is 15.9 Å². The van der Waals surface area contributed by atoms with Crippen LogP contribution in [0.15, 0.2) is 71.2 Å². The summed E-state index contributed by atoms with van der Waals surface area (Å²) >= 11 is 3.29. The van der Waals surface area contributed by atoms with Gasteiger partial charge in [0.25, 0.3) is 11.8 Å². The first kappa shape index (κ1) is 21.5. The molecule has 0 unspecified atom stereocenters. The van der Waals surface area contributed by atoms with Crippen molar-refractivity contribution in [3.05, 3.63) is 93.5 Å². The number of halogens is 1. The molecule has 0 fully saturated rings. The molecular weight excluding hydrogens is 478 g/mol. The molecule has 2 amide bonds. The summed E-state index contributed by atoms with van der Waals surface area (Å²) in [5, 5.41) is 0. The van der Waals surface area contributed by atoms with Gasteiger partial charge in [0.2, 0.25) is 0 Å². The molecule has 0 bridgehead atoms. The molecule has 0 aromatic heterocycles. The number of methoxy groups -OCH3 is 1. The lowest BCUT2D eigenvalue weighted by molar-refractivity contribution is 0.0474. The van der Waals surface area contributed by atoms with Crippen LogP contribution in [0, 0.1) is 0 Å². The van der Waals surface area contributed by atoms with Gasteiger partial charge in [0.05, 0.1) is 29.5 Å². The number of ether oxygens (including phenoxy) is 2. The Morgan fingerprint density at radius 2 is 1.47 bits per heavy atom. The number of Topliss-reactive ketones (excluding diaryl/α,β-unsaturated/α-hetero) is 1. The van der Waals surface area contributed by atoms with Gasteiger partial charge < -0.3 is 9.47 Å². The van der Waals surface area contributed by atoms with E-state index in [1.807, 2.05) is 0 Å². The van der Waals surface area contributed by atoms with Gasteiger partial charge >= 0.3 is 5.97 Å². The molecule has 0 N–H and O–H groups in total. The minimum Gasteiger partial charge on any atom is -0.497 e. The van der Waals surface area contributed by atoms with Crippen molar-refractivity contribution < 1.29 is 28.7 Å². The molecule has 0 saturated heterocycles. The fourth-order valence-electron chi connectivity index (χ4n) is 3.27. The number of carbonyl (C=O) groups excluding carboxylic acids is 4. The summed E-state index contributed by atoms with van der Waals surface area (Å²) in [6.07, 6.45) is 0. The quantitative estimate of drug-likeness (QED) is 0.289. The van der Waals surface area contributed by atoms with Gasteiger partial charge in [0.15, 0.2) is 12.4 Å². The van der Waals surface area contributed by atoms with Crippen molar-refractivity contribution in [2.45, 2.75) is 0 Å². The molecule has 0 atom stereocenters. The molecular formula is C24H16BrNO6. The van der Waals surface area contributed by atoms with Crippen molar-refractivity contribution in [3.63, 3.8) is 0 Å². The Kier molecular flexibility index (Phi) is 5.87. The fourth-order valence-corrected chi connectivity index (χ4v) is 3.53. The van der Waals surface area contributed by atoms with Gasteiger partial charge in [-0.3, -0.25) is 14.4 Å². The monoisotopic (exact) mass is 493 g/mol. The average Bonchev–Trinajstić information content (AvgIpc) is 3.07. The van der Waals surface area contributed by atoms with Crippen LogP contribution in [0.2, 0.25) is 0 Å². The standard InChI is InChI=1S/C24H16BrNO6/c1-31-18-9-7-17(8-10-18)26-22(28)19-11-4-15(12-20(19)23(26)29)24(30)32-13-21(27)14-2-5-16(25)6-3-14/h2-12H,13H2,1H3. The van der Waals surface area contributed by atoms with Gasteiger partial charge in [-0.25, -0.2) is 9.69 Å². The van der Waals surface area contributed by atoms with E-state index in [2.05, 4.69) is 15.9 Å². The van der Waals surface area contributed by atoms with Crippen molar-refractivity contribution in [1.29, 1.82) is 0 Å². The van der Waals surface area contributed by atoms with E-state index in [4.69, 9.17) is 9.47 Å². The van der Waals surface area contributed by atoms with Gasteiger partial charge in [0, 0.05) is 10.0 Å². The molecule has 1 aliphatic heterocycles. The normalized spacial score (nSPS) is 12.5. The summed E-state index contributed by atoms with van der Waals surface area (Å²) in [5.41, 5.74) is 1.16. The average molecular weight is 494 g/mol. The highest BCUT2D eigenvalue weighted by molar-refractivity contribution is 9.10. The van der Waals surface area contributed by atoms with Gasteiger partial charge in [-0.15, -0.1) is 0 Å². The first-order chi connectivity index (χ1) is 15.4. The largest absolute Gasteiger partial charge is 0.497 e. The predicted molar refractivity (Wildman–Crippen MR) is 119 cm³/mol. The molecule has 0 aliphatic carbocycles. The maximum Gasteiger partial charge on any atom is 0.338 e. The van der Waals surface area contributed by atoms with Crippen LogP contribution in [0.1, 0.15) is 41.4 Å². The molecule has 7 nitrogen and oxygen atoms in total. The van der Waals surface area contributed by atoms with E-state index >= 15 is 0 Å². The lowest BCUT2D eigenvalue weighted by Crippen LogP contribution is -2.29. The highest BCUT2D eigenvalue weighted by Gasteiger charge is 2.37. The molecule has 0 saturated carbocycles. The van der Waals surface area contributed by atoms with E-state index in [0.29, 0.717) is 17.0 Å². The summed E-state index contributed by atoms with van der Waals surface area (Å²) in [6.45, 7) is -0.442. The first-order valence-electron chi connectivity index (χ1n) is 9.52. The van der Waals surface area contributed by atoms with E-state index < -0.39 is 24.4 Å². The molecule has 3 aromatic rings. The predicted octanol–water partition coefficient (Wildman–Crippen LogP) is 4.30. The van der Waals surface area contributed by atoms with Gasteiger partial charge in [-0.05, 0) is 54.6 Å². The second kappa shape index (κ2) is 8.76. The molecule has 4 rings (SSSR count). The number of amides is 2. The number of imide groups is 1. The minimum atomic E-state index is -0.763. The first-order valence-corrected chi connectivity index (χ1v) is 10.3. The van der Waals surface area contributed by atoms with Gasteiger partial charge in [0.1, 0.15) is 5.75 Å². The van der Waals surface area contributed by atoms with Crippen LogP contribution in [0.5, 0.6) is 5.75 Å². The van der Waals surface area contributed by atoms with Crippen molar-refractivity contribution in [2.75, 3.05) is 18.6 Å². The van der Waals surface area contributed by atoms with Crippen LogP contribution in [0.25, 0.3) is 0 Å². The van der Waals surface area contributed by atoms with E-state index in [1.165, 1.54) is 25.3 Å². The van der Waals surface area contributed by atoms with Crippen LogP contribution in [-0.4, -0.2) is 37.3 Å². The summed E-state index contributed by atoms with van der Waals surface area (Å²) in [4.78, 5) is 51.3. The van der Waals surface area contributed by atoms with Crippen LogP contribution in [0.4, 0.5) is 5.69 Å². The maximum absolute atomic E-state index is 12.9. The Bertz CT molecular complexity index is 1230. The highest BCUT2D eigenvalue weighted by atomic mass is 79.9. The summed E-state index contributed by atoms with van der Waals surface area (Å²) in [5.74, 6) is -1.56. The van der Waals surface area contributed by atoms with Crippen LogP contribution in [-0.2, 0) is 4.74 Å². The smallest absolute Gasteiger partial charge is 0.338 e. The summed E-state index contributed by atoms with van der Waals surface area (Å²) in [6, 6.07) is 17.3. The number of carbonyl (C=O) groups is 4. The Hall–Kier alpha value is -3.78. The SMILES string of the molecule is COc1ccc(N2C(=O)c3ccc(C(=O)OCC(=O)c4ccc(Br)cc4)cc3C2=O)cc1. The second-order valence-electron chi connectivity index (χ2n) is 6.91. The zero-order chi connectivity index (χ0) is 22.8. The van der Waals surface area contributed by atoms with Crippen molar-refractivity contribution in [2.24, 2.45) is 0 Å². The number of ketones is 1. The Balaban J connectivity index is 1.49. The van der Waals surface area contributed by atoms with E-state index in [-0.39, 0.29) is 22.5 Å². The molecule has 160 valence electrons. The fraction of sp³-hybridized carbons (Fsp3) is 0.0833. The van der Waals surface area contributed by atoms with E-state index in [9.17, 15) is 19.2 Å². The van der Waals surface area contributed by atoms with Gasteiger partial charge in [-0.1, -0.05) is 28.1 Å². The third-order valence-corrected chi connectivity index (χ3v) is 5.48. The number of nitrogens with zero attached hydrogens (tertiary/aromatic N) is 1. The van der Waals surface area contributed by atoms with Crippen LogP contribution in [0.3, 0.4) is 0 Å². The number of esters is 1. The third-order valence-electron chi connectivity index (χ3n) is 4.95. The van der Waals surface area contributed by atoms with Gasteiger partial charge in [-0.2, -0.15) is 0 Å². The van der Waals surface area contributed by atoms with E-state index in [1.54, 1.807) is 48.5 Å². The molecule has 8 heteroatoms. The van der Waals surface area contributed by atoms with Crippen molar-refractivity contribution in [1.82, 2.24) is 0 Å². The van der Waals surface area contributed by atoms with Crippen molar-refractivity contribution >= 4 is 45.2 Å². The zero-order valence-electron chi connectivity index (χ0n) is 16.8. The lowest BCUT2D eigenvalue weighted by atomic mass is 10.1. The highest BCUT2D eigenvalue weighted by Crippen LogP contribution is 2.30. The Labute approximate surface area is 191 Å². The molecule has 32 heavy (non-hydrogen) atoms. The lowest BCUT2D eigenvalue weighted by Gasteiger charge is -2.14. The second-order valence-corrected chi connectivity index (χ2v) is 7.83. The molecule has 0 spiro atoms. The number of hydrogen-bond donors (Lipinski definition) is 0. The third kappa shape index (κ3) is 4.04. The molecule has 3 aromatic carbocycles. The number of anilines is 1. The zero-order valence-corrected chi connectivity index (χ0v) is 18.4. The van der Waals surface area contributed by atoms with E-state index in [0.717, 1.165) is 9.37 Å². The van der Waals surface area contributed by atoms with Crippen LogP contribution < -0.4 is 9.64 Å². The minimum absolute atomic E-state index is 0.0742. The molecule has 1 heterocycles. The molecule has 0 radical (unpaired) electrons. The molecule has 1 aliphatic rings. The topological polar surface area (TPSA) is 90.0 Å². The Morgan fingerprint density at radius 1 is 0.844 bits per heavy atom. The summed E-state index contributed by atoms with van der Waals surface area (Å²) in [7, 11) is 1.52. The Morgan fingerprint density at radius 3 is 2.12 bits per heavy atom. The number of rotatable bonds is 6. The number of benzene rings is 3. The summed E-state index contributed by atoms with van der Waals surface area (Å²) < 4.78 is 11.0.